The van der Waals surface area contributed by atoms with Crippen molar-refractivity contribution in [3.05, 3.63) is 35.4 Å². The maximum atomic E-state index is 5.58. The van der Waals surface area contributed by atoms with E-state index in [1.165, 1.54) is 11.1 Å². The van der Waals surface area contributed by atoms with Crippen LogP contribution in [0.4, 0.5) is 0 Å². The molecule has 0 amide bonds. The van der Waals surface area contributed by atoms with Gasteiger partial charge in [-0.3, -0.25) is 0 Å². The van der Waals surface area contributed by atoms with Crippen LogP contribution in [0.3, 0.4) is 0 Å². The molecule has 0 unspecified atom stereocenters. The summed E-state index contributed by atoms with van der Waals surface area (Å²) in [4.78, 5) is 0. The third kappa shape index (κ3) is 5.82. The maximum Gasteiger partial charge on any atom is 0.180 e. The first-order valence-electron chi connectivity index (χ1n) is 6.12. The second-order valence-corrected chi connectivity index (χ2v) is 3.84. The summed E-state index contributed by atoms with van der Waals surface area (Å²) in [6, 6.07) is 8.32. The summed E-state index contributed by atoms with van der Waals surface area (Å²) in [5.74, 6) is 0. The van der Waals surface area contributed by atoms with Gasteiger partial charge >= 0.3 is 0 Å². The molecule has 0 aliphatic heterocycles. The van der Waals surface area contributed by atoms with Crippen molar-refractivity contribution in [3.63, 3.8) is 0 Å². The minimum atomic E-state index is -0.254. The predicted octanol–water partition coefficient (Wildman–Crippen LogP) is 2.91. The number of rotatable bonds is 8. The normalized spacial score (nSPS) is 11.1. The van der Waals surface area contributed by atoms with Crippen molar-refractivity contribution >= 4 is 0 Å². The molecule has 3 nitrogen and oxygen atoms in total. The van der Waals surface area contributed by atoms with Gasteiger partial charge in [-0.05, 0) is 26.3 Å². The zero-order chi connectivity index (χ0) is 12.5. The number of hydrogen-bond acceptors (Lipinski definition) is 3. The highest BCUT2D eigenvalue weighted by Gasteiger charge is 2.07. The Morgan fingerprint density at radius 1 is 1.00 bits per heavy atom. The molecule has 0 aliphatic rings. The average Bonchev–Trinajstić information content (AvgIpc) is 2.32. The molecule has 17 heavy (non-hydrogen) atoms. The zero-order valence-electron chi connectivity index (χ0n) is 10.9. The molecule has 0 heterocycles. The smallest absolute Gasteiger partial charge is 0.180 e. The van der Waals surface area contributed by atoms with E-state index in [1.54, 1.807) is 0 Å². The fraction of sp³-hybridized carbons (Fsp3) is 0.571. The zero-order valence-corrected chi connectivity index (χ0v) is 10.9. The Morgan fingerprint density at radius 2 is 1.59 bits per heavy atom. The summed E-state index contributed by atoms with van der Waals surface area (Å²) in [7, 11) is 0. The van der Waals surface area contributed by atoms with Gasteiger partial charge in [0, 0.05) is 13.2 Å². The van der Waals surface area contributed by atoms with Gasteiger partial charge in [-0.25, -0.2) is 0 Å². The molecular formula is C14H22O3. The Hall–Kier alpha value is -0.900. The number of ether oxygens (including phenoxy) is 3. The van der Waals surface area contributed by atoms with E-state index in [2.05, 4.69) is 31.2 Å². The van der Waals surface area contributed by atoms with Crippen molar-refractivity contribution in [3.8, 4) is 0 Å². The van der Waals surface area contributed by atoms with Crippen molar-refractivity contribution in [2.24, 2.45) is 0 Å². The Kier molecular flexibility index (Phi) is 6.86. The monoisotopic (exact) mass is 238 g/mol. The van der Waals surface area contributed by atoms with Crippen LogP contribution in [0.2, 0.25) is 0 Å². The van der Waals surface area contributed by atoms with Crippen LogP contribution in [0, 0.1) is 6.92 Å². The van der Waals surface area contributed by atoms with Gasteiger partial charge < -0.3 is 14.2 Å². The largest absolute Gasteiger partial charge is 0.372 e. The van der Waals surface area contributed by atoms with Crippen LogP contribution in [0.25, 0.3) is 0 Å². The molecule has 0 radical (unpaired) electrons. The lowest BCUT2D eigenvalue weighted by Gasteiger charge is -2.16. The average molecular weight is 238 g/mol. The highest BCUT2D eigenvalue weighted by Crippen LogP contribution is 2.05. The van der Waals surface area contributed by atoms with Gasteiger partial charge in [0.25, 0.3) is 0 Å². The Bertz CT molecular complexity index is 289. The molecule has 1 rings (SSSR count). The van der Waals surface area contributed by atoms with Crippen LogP contribution in [0.15, 0.2) is 24.3 Å². The summed E-state index contributed by atoms with van der Waals surface area (Å²) in [6.07, 6.45) is -0.254. The topological polar surface area (TPSA) is 27.7 Å². The van der Waals surface area contributed by atoms with Crippen LogP contribution < -0.4 is 0 Å². The molecule has 0 atom stereocenters. The first-order chi connectivity index (χ1) is 8.26. The van der Waals surface area contributed by atoms with Crippen LogP contribution in [0.1, 0.15) is 25.0 Å². The van der Waals surface area contributed by atoms with Crippen LogP contribution in [-0.2, 0) is 20.8 Å². The first-order valence-corrected chi connectivity index (χ1v) is 6.12. The number of hydrogen-bond donors (Lipinski definition) is 0. The molecule has 0 aromatic heterocycles. The van der Waals surface area contributed by atoms with E-state index in [1.807, 2.05) is 13.8 Å². The van der Waals surface area contributed by atoms with Gasteiger partial charge in [0.1, 0.15) is 0 Å². The first kappa shape index (κ1) is 14.2. The molecule has 0 aliphatic carbocycles. The van der Waals surface area contributed by atoms with Crippen molar-refractivity contribution in [1.29, 1.82) is 0 Å². The fourth-order valence-corrected chi connectivity index (χ4v) is 1.47. The van der Waals surface area contributed by atoms with E-state index < -0.39 is 0 Å². The van der Waals surface area contributed by atoms with Crippen molar-refractivity contribution < 1.29 is 14.2 Å². The van der Waals surface area contributed by atoms with Gasteiger partial charge in [-0.2, -0.15) is 0 Å². The molecule has 3 heteroatoms. The van der Waals surface area contributed by atoms with Crippen molar-refractivity contribution in [2.45, 2.75) is 33.7 Å². The standard InChI is InChI=1S/C14H22O3/c1-4-16-14(17-5-2)11-15-10-13-8-6-12(3)7-9-13/h6-9,14H,4-5,10-11H2,1-3H3. The minimum absolute atomic E-state index is 0.254. The molecule has 0 N–H and O–H groups in total. The SMILES string of the molecule is CCOC(COCc1ccc(C)cc1)OCC. The summed E-state index contributed by atoms with van der Waals surface area (Å²) >= 11 is 0. The van der Waals surface area contributed by atoms with E-state index in [-0.39, 0.29) is 6.29 Å². The summed E-state index contributed by atoms with van der Waals surface area (Å²) < 4.78 is 16.4. The maximum absolute atomic E-state index is 5.58. The predicted molar refractivity (Wildman–Crippen MR) is 67.9 cm³/mol. The van der Waals surface area contributed by atoms with Crippen LogP contribution >= 0.6 is 0 Å². The van der Waals surface area contributed by atoms with E-state index in [9.17, 15) is 0 Å². The van der Waals surface area contributed by atoms with Crippen molar-refractivity contribution in [2.75, 3.05) is 19.8 Å². The summed E-state index contributed by atoms with van der Waals surface area (Å²) in [6.45, 7) is 8.31. The highest BCUT2D eigenvalue weighted by molar-refractivity contribution is 5.20. The lowest BCUT2D eigenvalue weighted by atomic mass is 10.2. The molecule has 1 aromatic rings. The van der Waals surface area contributed by atoms with E-state index in [4.69, 9.17) is 14.2 Å². The van der Waals surface area contributed by atoms with Gasteiger partial charge in [0.15, 0.2) is 6.29 Å². The fourth-order valence-electron chi connectivity index (χ4n) is 1.47. The van der Waals surface area contributed by atoms with Crippen LogP contribution in [0.5, 0.6) is 0 Å². The van der Waals surface area contributed by atoms with E-state index >= 15 is 0 Å². The molecule has 0 fully saturated rings. The summed E-state index contributed by atoms with van der Waals surface area (Å²) in [5.41, 5.74) is 2.43. The highest BCUT2D eigenvalue weighted by atomic mass is 16.7. The van der Waals surface area contributed by atoms with E-state index in [0.29, 0.717) is 26.4 Å². The minimum Gasteiger partial charge on any atom is -0.372 e. The third-order valence-electron chi connectivity index (χ3n) is 2.35. The Morgan fingerprint density at radius 3 is 2.12 bits per heavy atom. The number of benzene rings is 1. The molecule has 0 saturated heterocycles. The Balaban J connectivity index is 2.27. The molecule has 1 aromatic carbocycles. The van der Waals surface area contributed by atoms with Crippen molar-refractivity contribution in [1.82, 2.24) is 0 Å². The van der Waals surface area contributed by atoms with Gasteiger partial charge in [0.05, 0.1) is 13.2 Å². The third-order valence-corrected chi connectivity index (χ3v) is 2.35. The van der Waals surface area contributed by atoms with Gasteiger partial charge in [-0.1, -0.05) is 29.8 Å². The lowest BCUT2D eigenvalue weighted by Crippen LogP contribution is -2.23. The molecule has 96 valence electrons. The molecular weight excluding hydrogens is 216 g/mol. The Labute approximate surface area is 104 Å². The van der Waals surface area contributed by atoms with E-state index in [0.717, 1.165) is 0 Å². The van der Waals surface area contributed by atoms with Gasteiger partial charge in [-0.15, -0.1) is 0 Å². The molecule has 0 saturated carbocycles. The molecule has 0 bridgehead atoms. The van der Waals surface area contributed by atoms with Crippen LogP contribution in [-0.4, -0.2) is 26.1 Å². The number of aryl methyl sites for hydroxylation is 1. The van der Waals surface area contributed by atoms with Gasteiger partial charge in [0.2, 0.25) is 0 Å². The summed E-state index contributed by atoms with van der Waals surface area (Å²) in [5, 5.41) is 0. The second kappa shape index (κ2) is 8.23. The lowest BCUT2D eigenvalue weighted by molar-refractivity contribution is -0.169. The molecule has 0 spiro atoms. The quantitative estimate of drug-likeness (QED) is 0.652. The second-order valence-electron chi connectivity index (χ2n) is 3.84.